The molecule has 4 unspecified atom stereocenters. The van der Waals surface area contributed by atoms with E-state index in [0.29, 0.717) is 31.3 Å². The third-order valence-electron chi connectivity index (χ3n) is 4.40. The van der Waals surface area contributed by atoms with Crippen molar-refractivity contribution in [3.63, 3.8) is 0 Å². The average molecular weight is 284 g/mol. The summed E-state index contributed by atoms with van der Waals surface area (Å²) in [5.41, 5.74) is 0.101. The van der Waals surface area contributed by atoms with Crippen LogP contribution in [0.3, 0.4) is 0 Å². The molecule has 0 saturated heterocycles. The summed E-state index contributed by atoms with van der Waals surface area (Å²) in [7, 11) is 0. The molecule has 0 bridgehead atoms. The molecule has 4 atom stereocenters. The molecule has 1 aliphatic heterocycles. The summed E-state index contributed by atoms with van der Waals surface area (Å²) < 4.78 is 5.57. The number of carbonyl (C=O) groups is 1. The van der Waals surface area contributed by atoms with Crippen molar-refractivity contribution in [3.8, 4) is 0 Å². The van der Waals surface area contributed by atoms with Crippen LogP contribution in [0, 0.1) is 5.92 Å². The van der Waals surface area contributed by atoms with Crippen LogP contribution in [0.1, 0.15) is 59.8 Å². The molecule has 0 saturated carbocycles. The minimum atomic E-state index is -0.772. The van der Waals surface area contributed by atoms with Gasteiger partial charge in [-0.05, 0) is 37.7 Å². The standard InChI is InChI=1S/C16H28O4/c1-5-11(14(18)13(17)7-3)9-16(8-4)10-12(6-2)15(19)20-16/h10-11,13-14,17-18H,5-9H2,1-4H3. The molecule has 0 aromatic rings. The van der Waals surface area contributed by atoms with E-state index in [9.17, 15) is 15.0 Å². The van der Waals surface area contributed by atoms with Crippen LogP contribution < -0.4 is 0 Å². The van der Waals surface area contributed by atoms with Crippen molar-refractivity contribution in [2.45, 2.75) is 77.6 Å². The number of hydrogen-bond acceptors (Lipinski definition) is 4. The van der Waals surface area contributed by atoms with Gasteiger partial charge in [0.25, 0.3) is 0 Å². The summed E-state index contributed by atoms with van der Waals surface area (Å²) in [4.78, 5) is 11.8. The average Bonchev–Trinajstić information content (AvgIpc) is 2.79. The topological polar surface area (TPSA) is 66.8 Å². The van der Waals surface area contributed by atoms with Crippen LogP contribution >= 0.6 is 0 Å². The van der Waals surface area contributed by atoms with Gasteiger partial charge in [0.05, 0.1) is 12.2 Å². The molecule has 116 valence electrons. The van der Waals surface area contributed by atoms with Crippen LogP contribution in [0.15, 0.2) is 11.6 Å². The summed E-state index contributed by atoms with van der Waals surface area (Å²) in [5.74, 6) is -0.320. The van der Waals surface area contributed by atoms with Crippen molar-refractivity contribution in [3.05, 3.63) is 11.6 Å². The summed E-state index contributed by atoms with van der Waals surface area (Å²) in [6, 6.07) is 0. The Hall–Kier alpha value is -0.870. The molecule has 20 heavy (non-hydrogen) atoms. The fourth-order valence-electron chi connectivity index (χ4n) is 2.83. The number of hydrogen-bond donors (Lipinski definition) is 2. The van der Waals surface area contributed by atoms with Gasteiger partial charge >= 0.3 is 5.97 Å². The molecule has 0 fully saturated rings. The van der Waals surface area contributed by atoms with Crippen molar-refractivity contribution < 1.29 is 19.7 Å². The number of aliphatic hydroxyl groups is 2. The van der Waals surface area contributed by atoms with E-state index < -0.39 is 17.8 Å². The third-order valence-corrected chi connectivity index (χ3v) is 4.40. The van der Waals surface area contributed by atoms with Crippen LogP contribution in [0.2, 0.25) is 0 Å². The number of carbonyl (C=O) groups excluding carboxylic acids is 1. The first-order valence-corrected chi connectivity index (χ1v) is 7.74. The van der Waals surface area contributed by atoms with E-state index in [1.54, 1.807) is 0 Å². The molecule has 0 aromatic heterocycles. The Kier molecular flexibility index (Phi) is 6.21. The number of aliphatic hydroxyl groups excluding tert-OH is 2. The normalized spacial score (nSPS) is 26.9. The molecule has 0 aliphatic carbocycles. The maximum Gasteiger partial charge on any atom is 0.334 e. The Bertz CT molecular complexity index is 363. The van der Waals surface area contributed by atoms with Gasteiger partial charge in [0.1, 0.15) is 5.60 Å². The van der Waals surface area contributed by atoms with Gasteiger partial charge in [-0.2, -0.15) is 0 Å². The number of ether oxygens (including phenoxy) is 1. The van der Waals surface area contributed by atoms with E-state index in [2.05, 4.69) is 0 Å². The van der Waals surface area contributed by atoms with E-state index in [-0.39, 0.29) is 11.9 Å². The zero-order chi connectivity index (χ0) is 15.3. The molecule has 0 amide bonds. The number of rotatable bonds is 8. The number of esters is 1. The van der Waals surface area contributed by atoms with Gasteiger partial charge in [-0.25, -0.2) is 4.79 Å². The predicted octanol–water partition coefficient (Wildman–Crippen LogP) is 2.58. The van der Waals surface area contributed by atoms with Crippen LogP contribution in [0.4, 0.5) is 0 Å². The van der Waals surface area contributed by atoms with Gasteiger partial charge in [0.15, 0.2) is 0 Å². The zero-order valence-corrected chi connectivity index (χ0v) is 13.1. The Morgan fingerprint density at radius 2 is 1.85 bits per heavy atom. The third kappa shape index (κ3) is 3.61. The second-order valence-corrected chi connectivity index (χ2v) is 5.67. The lowest BCUT2D eigenvalue weighted by atomic mass is 9.81. The van der Waals surface area contributed by atoms with Crippen molar-refractivity contribution >= 4 is 5.97 Å². The van der Waals surface area contributed by atoms with Crippen molar-refractivity contribution in [1.29, 1.82) is 0 Å². The van der Waals surface area contributed by atoms with Gasteiger partial charge in [-0.3, -0.25) is 0 Å². The van der Waals surface area contributed by atoms with E-state index >= 15 is 0 Å². The molecule has 1 aliphatic rings. The quantitative estimate of drug-likeness (QED) is 0.672. The van der Waals surface area contributed by atoms with Crippen molar-refractivity contribution in [1.82, 2.24) is 0 Å². The SMILES string of the molecule is CCC1=CC(CC)(CC(CC)C(O)C(O)CC)OC1=O. The van der Waals surface area contributed by atoms with Crippen LogP contribution in [0.25, 0.3) is 0 Å². The molecule has 0 aromatic carbocycles. The highest BCUT2D eigenvalue weighted by Gasteiger charge is 2.41. The molecule has 2 N–H and O–H groups in total. The monoisotopic (exact) mass is 284 g/mol. The van der Waals surface area contributed by atoms with Crippen LogP contribution in [0.5, 0.6) is 0 Å². The summed E-state index contributed by atoms with van der Waals surface area (Å²) in [6.07, 6.45) is 3.60. The summed E-state index contributed by atoms with van der Waals surface area (Å²) >= 11 is 0. The smallest absolute Gasteiger partial charge is 0.334 e. The minimum Gasteiger partial charge on any atom is -0.451 e. The Morgan fingerprint density at radius 3 is 2.25 bits per heavy atom. The first-order chi connectivity index (χ1) is 9.42. The van der Waals surface area contributed by atoms with Gasteiger partial charge in [0, 0.05) is 5.57 Å². The van der Waals surface area contributed by atoms with Crippen molar-refractivity contribution in [2.24, 2.45) is 5.92 Å². The lowest BCUT2D eigenvalue weighted by molar-refractivity contribution is -0.149. The van der Waals surface area contributed by atoms with Crippen LogP contribution in [-0.2, 0) is 9.53 Å². The minimum absolute atomic E-state index is 0.0786. The summed E-state index contributed by atoms with van der Waals surface area (Å²) in [6.45, 7) is 7.76. The van der Waals surface area contributed by atoms with E-state index in [4.69, 9.17) is 4.74 Å². The first-order valence-electron chi connectivity index (χ1n) is 7.74. The van der Waals surface area contributed by atoms with Gasteiger partial charge in [-0.15, -0.1) is 0 Å². The van der Waals surface area contributed by atoms with Gasteiger partial charge in [0.2, 0.25) is 0 Å². The first kappa shape index (κ1) is 17.2. The Labute approximate surface area is 121 Å². The molecule has 0 spiro atoms. The Morgan fingerprint density at radius 1 is 1.20 bits per heavy atom. The molecule has 4 heteroatoms. The molecule has 4 nitrogen and oxygen atoms in total. The molecule has 1 heterocycles. The van der Waals surface area contributed by atoms with E-state index in [1.807, 2.05) is 33.8 Å². The molecular formula is C16H28O4. The fraction of sp³-hybridized carbons (Fsp3) is 0.812. The van der Waals surface area contributed by atoms with Gasteiger partial charge < -0.3 is 14.9 Å². The predicted molar refractivity (Wildman–Crippen MR) is 78.2 cm³/mol. The van der Waals surface area contributed by atoms with E-state index in [1.165, 1.54) is 0 Å². The summed E-state index contributed by atoms with van der Waals surface area (Å²) in [5, 5.41) is 20.1. The molecular weight excluding hydrogens is 256 g/mol. The lowest BCUT2D eigenvalue weighted by Gasteiger charge is -2.33. The van der Waals surface area contributed by atoms with Gasteiger partial charge in [-0.1, -0.05) is 34.1 Å². The van der Waals surface area contributed by atoms with Crippen LogP contribution in [-0.4, -0.2) is 34.0 Å². The molecule has 1 rings (SSSR count). The molecule has 0 radical (unpaired) electrons. The highest BCUT2D eigenvalue weighted by molar-refractivity contribution is 5.91. The maximum absolute atomic E-state index is 11.8. The number of cyclic esters (lactones) is 1. The highest BCUT2D eigenvalue weighted by atomic mass is 16.6. The Balaban J connectivity index is 2.87. The second-order valence-electron chi connectivity index (χ2n) is 5.67. The van der Waals surface area contributed by atoms with E-state index in [0.717, 1.165) is 6.42 Å². The highest BCUT2D eigenvalue weighted by Crippen LogP contribution is 2.37. The second kappa shape index (κ2) is 7.23. The lowest BCUT2D eigenvalue weighted by Crippen LogP contribution is -2.39. The van der Waals surface area contributed by atoms with Crippen molar-refractivity contribution in [2.75, 3.05) is 0 Å². The maximum atomic E-state index is 11.8. The largest absolute Gasteiger partial charge is 0.451 e. The zero-order valence-electron chi connectivity index (χ0n) is 13.1. The fourth-order valence-corrected chi connectivity index (χ4v) is 2.83.